The molecule has 0 saturated carbocycles. The third-order valence-corrected chi connectivity index (χ3v) is 5.77. The highest BCUT2D eigenvalue weighted by molar-refractivity contribution is 5.97. The number of rotatable bonds is 5. The van der Waals surface area contributed by atoms with E-state index in [1.807, 2.05) is 6.07 Å². The second kappa shape index (κ2) is 8.95. The topological polar surface area (TPSA) is 9.23 Å². The lowest BCUT2D eigenvalue weighted by Gasteiger charge is -2.19. The van der Waals surface area contributed by atoms with Crippen molar-refractivity contribution in [3.8, 4) is 50.3 Å². The predicted molar refractivity (Wildman–Crippen MR) is 135 cm³/mol. The van der Waals surface area contributed by atoms with Gasteiger partial charge in [0.2, 0.25) is 0 Å². The molecule has 1 nitrogen and oxygen atoms in total. The molecular weight excluding hydrogens is 388 g/mol. The Kier molecular flexibility index (Phi) is 5.55. The number of ether oxygens (including phenoxy) is 1. The second-order valence-corrected chi connectivity index (χ2v) is 7.78. The quantitative estimate of drug-likeness (QED) is 0.282. The van der Waals surface area contributed by atoms with Crippen LogP contribution in [0.5, 0.6) is 5.75 Å². The van der Waals surface area contributed by atoms with Gasteiger partial charge in [0.1, 0.15) is 5.75 Å². The number of methoxy groups -OCH3 is 1. The molecule has 0 aliphatic carbocycles. The monoisotopic (exact) mass is 412 g/mol. The molecule has 154 valence electrons. The van der Waals surface area contributed by atoms with Crippen LogP contribution in [0.25, 0.3) is 44.5 Å². The minimum Gasteiger partial charge on any atom is -0.497 e. The Bertz CT molecular complexity index is 1260. The third-order valence-electron chi connectivity index (χ3n) is 5.77. The van der Waals surface area contributed by atoms with Crippen LogP contribution in [-0.4, -0.2) is 7.11 Å². The molecule has 0 fully saturated rings. The van der Waals surface area contributed by atoms with E-state index < -0.39 is 0 Å². The predicted octanol–water partition coefficient (Wildman–Crippen LogP) is 8.36. The van der Waals surface area contributed by atoms with Crippen molar-refractivity contribution in [3.05, 3.63) is 127 Å². The SMILES string of the molecule is COc1cccc(-c2c(-c3ccccc3)cc(-c3ccccc3)cc2-c2ccccc2)c1. The fraction of sp³-hybridized carbons (Fsp3) is 0.0323. The van der Waals surface area contributed by atoms with Crippen molar-refractivity contribution in [1.29, 1.82) is 0 Å². The van der Waals surface area contributed by atoms with Gasteiger partial charge in [-0.3, -0.25) is 0 Å². The van der Waals surface area contributed by atoms with Gasteiger partial charge >= 0.3 is 0 Å². The number of hydrogen-bond donors (Lipinski definition) is 0. The molecule has 5 aromatic rings. The van der Waals surface area contributed by atoms with Gasteiger partial charge in [0.25, 0.3) is 0 Å². The zero-order valence-corrected chi connectivity index (χ0v) is 18.0. The molecule has 0 aliphatic heterocycles. The van der Waals surface area contributed by atoms with Gasteiger partial charge in [-0.15, -0.1) is 0 Å². The fourth-order valence-corrected chi connectivity index (χ4v) is 4.22. The summed E-state index contributed by atoms with van der Waals surface area (Å²) in [7, 11) is 1.72. The van der Waals surface area contributed by atoms with Crippen molar-refractivity contribution < 1.29 is 4.74 Å². The molecule has 0 saturated heterocycles. The lowest BCUT2D eigenvalue weighted by Crippen LogP contribution is -1.93. The molecule has 0 N–H and O–H groups in total. The van der Waals surface area contributed by atoms with E-state index >= 15 is 0 Å². The number of hydrogen-bond acceptors (Lipinski definition) is 1. The Balaban J connectivity index is 1.87. The van der Waals surface area contributed by atoms with Crippen LogP contribution in [0.3, 0.4) is 0 Å². The first-order chi connectivity index (χ1) is 15.8. The summed E-state index contributed by atoms with van der Waals surface area (Å²) < 4.78 is 5.56. The molecular formula is C31H24O. The summed E-state index contributed by atoms with van der Waals surface area (Å²) in [6.45, 7) is 0. The Morgan fingerprint density at radius 2 is 0.875 bits per heavy atom. The molecule has 0 amide bonds. The van der Waals surface area contributed by atoms with Crippen molar-refractivity contribution in [3.63, 3.8) is 0 Å². The van der Waals surface area contributed by atoms with Gasteiger partial charge in [0.15, 0.2) is 0 Å². The largest absolute Gasteiger partial charge is 0.497 e. The van der Waals surface area contributed by atoms with Gasteiger partial charge in [-0.25, -0.2) is 0 Å². The number of benzene rings is 5. The van der Waals surface area contributed by atoms with Gasteiger partial charge in [0, 0.05) is 0 Å². The summed E-state index contributed by atoms with van der Waals surface area (Å²) in [4.78, 5) is 0. The summed E-state index contributed by atoms with van der Waals surface area (Å²) in [5.41, 5.74) is 9.57. The van der Waals surface area contributed by atoms with E-state index in [1.165, 1.54) is 38.9 Å². The molecule has 0 heterocycles. The van der Waals surface area contributed by atoms with Gasteiger partial charge < -0.3 is 4.74 Å². The maximum absolute atomic E-state index is 5.56. The highest BCUT2D eigenvalue weighted by atomic mass is 16.5. The first-order valence-corrected chi connectivity index (χ1v) is 10.8. The lowest BCUT2D eigenvalue weighted by atomic mass is 9.84. The summed E-state index contributed by atoms with van der Waals surface area (Å²) >= 11 is 0. The summed E-state index contributed by atoms with van der Waals surface area (Å²) in [6, 6.07) is 44.8. The normalized spacial score (nSPS) is 10.7. The van der Waals surface area contributed by atoms with Gasteiger partial charge in [-0.1, -0.05) is 103 Å². The fourth-order valence-electron chi connectivity index (χ4n) is 4.22. The maximum Gasteiger partial charge on any atom is 0.119 e. The molecule has 0 unspecified atom stereocenters. The zero-order chi connectivity index (χ0) is 21.8. The molecule has 32 heavy (non-hydrogen) atoms. The van der Waals surface area contributed by atoms with Gasteiger partial charge in [-0.2, -0.15) is 0 Å². The van der Waals surface area contributed by atoms with Crippen LogP contribution < -0.4 is 4.74 Å². The Hall–Kier alpha value is -4.10. The van der Waals surface area contributed by atoms with Gasteiger partial charge in [-0.05, 0) is 68.8 Å². The highest BCUT2D eigenvalue weighted by Crippen LogP contribution is 2.43. The standard InChI is InChI=1S/C31H24O/c1-32-28-19-11-18-26(20-28)31-29(24-14-7-3-8-15-24)21-27(23-12-5-2-6-13-23)22-30(31)25-16-9-4-10-17-25/h2-22H,1H3. The van der Waals surface area contributed by atoms with E-state index in [1.54, 1.807) is 7.11 Å². The molecule has 0 bridgehead atoms. The zero-order valence-electron chi connectivity index (χ0n) is 18.0. The summed E-state index contributed by atoms with van der Waals surface area (Å²) in [5, 5.41) is 0. The molecule has 1 heteroatoms. The molecule has 5 aromatic carbocycles. The third kappa shape index (κ3) is 3.93. The van der Waals surface area contributed by atoms with Crippen LogP contribution in [0.4, 0.5) is 0 Å². The van der Waals surface area contributed by atoms with Crippen LogP contribution in [0.2, 0.25) is 0 Å². The van der Waals surface area contributed by atoms with E-state index in [4.69, 9.17) is 4.74 Å². The second-order valence-electron chi connectivity index (χ2n) is 7.78. The first-order valence-electron chi connectivity index (χ1n) is 10.8. The van der Waals surface area contributed by atoms with Crippen LogP contribution in [-0.2, 0) is 0 Å². The van der Waals surface area contributed by atoms with Crippen LogP contribution in [0.1, 0.15) is 0 Å². The molecule has 0 aromatic heterocycles. The minimum absolute atomic E-state index is 0.854. The average molecular weight is 413 g/mol. The van der Waals surface area contributed by atoms with Crippen molar-refractivity contribution in [2.45, 2.75) is 0 Å². The highest BCUT2D eigenvalue weighted by Gasteiger charge is 2.17. The lowest BCUT2D eigenvalue weighted by molar-refractivity contribution is 0.415. The van der Waals surface area contributed by atoms with Crippen LogP contribution in [0.15, 0.2) is 127 Å². The Morgan fingerprint density at radius 1 is 0.406 bits per heavy atom. The molecule has 0 aliphatic rings. The minimum atomic E-state index is 0.854. The summed E-state index contributed by atoms with van der Waals surface area (Å²) in [6.07, 6.45) is 0. The Morgan fingerprint density at radius 3 is 1.38 bits per heavy atom. The van der Waals surface area contributed by atoms with Crippen molar-refractivity contribution in [2.24, 2.45) is 0 Å². The first kappa shape index (κ1) is 19.8. The summed E-state index contributed by atoms with van der Waals surface area (Å²) in [5.74, 6) is 0.854. The molecule has 0 atom stereocenters. The van der Waals surface area contributed by atoms with Crippen molar-refractivity contribution in [2.75, 3.05) is 7.11 Å². The molecule has 0 spiro atoms. The van der Waals surface area contributed by atoms with Crippen LogP contribution >= 0.6 is 0 Å². The van der Waals surface area contributed by atoms with Crippen molar-refractivity contribution >= 4 is 0 Å². The van der Waals surface area contributed by atoms with E-state index in [2.05, 4.69) is 121 Å². The van der Waals surface area contributed by atoms with Crippen LogP contribution in [0, 0.1) is 0 Å². The van der Waals surface area contributed by atoms with Crippen molar-refractivity contribution in [1.82, 2.24) is 0 Å². The van der Waals surface area contributed by atoms with E-state index in [0.717, 1.165) is 11.3 Å². The van der Waals surface area contributed by atoms with Gasteiger partial charge in [0.05, 0.1) is 7.11 Å². The average Bonchev–Trinajstić information content (AvgIpc) is 2.89. The Labute approximate surface area is 189 Å². The smallest absolute Gasteiger partial charge is 0.119 e. The van der Waals surface area contributed by atoms with E-state index in [9.17, 15) is 0 Å². The van der Waals surface area contributed by atoms with E-state index in [0.29, 0.717) is 0 Å². The van der Waals surface area contributed by atoms with E-state index in [-0.39, 0.29) is 0 Å². The molecule has 5 rings (SSSR count). The molecule has 0 radical (unpaired) electrons. The maximum atomic E-state index is 5.56.